The normalized spacial score (nSPS) is 13.8. The van der Waals surface area contributed by atoms with Crippen LogP contribution in [0.3, 0.4) is 0 Å². The van der Waals surface area contributed by atoms with Gasteiger partial charge in [-0.15, -0.1) is 0 Å². The van der Waals surface area contributed by atoms with Gasteiger partial charge in [0.15, 0.2) is 9.84 Å². The first-order chi connectivity index (χ1) is 12.1. The number of unbranched alkanes of at least 4 members (excludes halogenated alkanes) is 1. The van der Waals surface area contributed by atoms with Gasteiger partial charge in [-0.3, -0.25) is 4.79 Å². The van der Waals surface area contributed by atoms with Crippen LogP contribution >= 0.6 is 0 Å². The number of benzene rings is 2. The maximum Gasteiger partial charge on any atom is 0.224 e. The second kappa shape index (κ2) is 7.70. The Morgan fingerprint density at radius 1 is 0.960 bits per heavy atom. The number of fused-ring (bicyclic) bond motifs is 1. The molecular formula is C19H21NO4S. The second-order valence-electron chi connectivity index (χ2n) is 6.03. The number of sulfone groups is 1. The smallest absolute Gasteiger partial charge is 0.224 e. The SMILES string of the molecule is O=C1CCc2cccc(OCCCCS(=O)(=O)c3ccccc3)c2N1. The lowest BCUT2D eigenvalue weighted by Crippen LogP contribution is -2.19. The van der Waals surface area contributed by atoms with Gasteiger partial charge >= 0.3 is 0 Å². The van der Waals surface area contributed by atoms with Gasteiger partial charge in [0.05, 0.1) is 22.9 Å². The Labute approximate surface area is 147 Å². The van der Waals surface area contributed by atoms with Crippen LogP contribution in [-0.2, 0) is 21.1 Å². The van der Waals surface area contributed by atoms with Crippen molar-refractivity contribution in [1.82, 2.24) is 0 Å². The molecule has 0 saturated carbocycles. The number of aryl methyl sites for hydroxylation is 1. The molecule has 1 heterocycles. The maximum absolute atomic E-state index is 12.2. The molecule has 132 valence electrons. The fourth-order valence-electron chi connectivity index (χ4n) is 2.82. The molecule has 0 fully saturated rings. The van der Waals surface area contributed by atoms with E-state index in [2.05, 4.69) is 5.32 Å². The Hall–Kier alpha value is -2.34. The Bertz CT molecular complexity index is 847. The van der Waals surface area contributed by atoms with Crippen LogP contribution in [0, 0.1) is 0 Å². The van der Waals surface area contributed by atoms with Crippen molar-refractivity contribution in [3.8, 4) is 5.75 Å². The summed E-state index contributed by atoms with van der Waals surface area (Å²) in [6.45, 7) is 0.413. The molecule has 0 saturated heterocycles. The predicted molar refractivity (Wildman–Crippen MR) is 96.6 cm³/mol. The lowest BCUT2D eigenvalue weighted by atomic mass is 10.0. The zero-order chi connectivity index (χ0) is 17.7. The molecule has 1 N–H and O–H groups in total. The molecule has 0 aromatic heterocycles. The quantitative estimate of drug-likeness (QED) is 0.771. The van der Waals surface area contributed by atoms with E-state index in [0.29, 0.717) is 42.9 Å². The van der Waals surface area contributed by atoms with Crippen molar-refractivity contribution < 1.29 is 17.9 Å². The second-order valence-corrected chi connectivity index (χ2v) is 8.14. The van der Waals surface area contributed by atoms with Crippen molar-refractivity contribution in [1.29, 1.82) is 0 Å². The van der Waals surface area contributed by atoms with E-state index in [9.17, 15) is 13.2 Å². The van der Waals surface area contributed by atoms with Gasteiger partial charge in [0.2, 0.25) is 5.91 Å². The average molecular weight is 359 g/mol. The molecule has 0 spiro atoms. The highest BCUT2D eigenvalue weighted by atomic mass is 32.2. The van der Waals surface area contributed by atoms with Gasteiger partial charge in [0, 0.05) is 6.42 Å². The van der Waals surface area contributed by atoms with Crippen molar-refractivity contribution in [3.63, 3.8) is 0 Å². The molecule has 2 aromatic carbocycles. The first-order valence-corrected chi connectivity index (χ1v) is 10.0. The molecular weight excluding hydrogens is 338 g/mol. The molecule has 25 heavy (non-hydrogen) atoms. The summed E-state index contributed by atoms with van der Waals surface area (Å²) >= 11 is 0. The number of rotatable bonds is 7. The van der Waals surface area contributed by atoms with Gasteiger partial charge < -0.3 is 10.1 Å². The molecule has 0 radical (unpaired) electrons. The van der Waals surface area contributed by atoms with Crippen LogP contribution in [0.1, 0.15) is 24.8 Å². The van der Waals surface area contributed by atoms with Crippen LogP contribution in [0.5, 0.6) is 5.75 Å². The third-order valence-electron chi connectivity index (χ3n) is 4.17. The van der Waals surface area contributed by atoms with Gasteiger partial charge in [0.1, 0.15) is 5.75 Å². The molecule has 6 heteroatoms. The highest BCUT2D eigenvalue weighted by molar-refractivity contribution is 7.91. The van der Waals surface area contributed by atoms with E-state index >= 15 is 0 Å². The summed E-state index contributed by atoms with van der Waals surface area (Å²) in [5.41, 5.74) is 1.82. The van der Waals surface area contributed by atoms with Crippen LogP contribution in [0.15, 0.2) is 53.4 Å². The monoisotopic (exact) mass is 359 g/mol. The Kier molecular flexibility index (Phi) is 5.38. The van der Waals surface area contributed by atoms with E-state index in [1.165, 1.54) is 0 Å². The van der Waals surface area contributed by atoms with Gasteiger partial charge in [-0.25, -0.2) is 8.42 Å². The van der Waals surface area contributed by atoms with E-state index in [4.69, 9.17) is 4.74 Å². The summed E-state index contributed by atoms with van der Waals surface area (Å²) in [4.78, 5) is 11.9. The minimum Gasteiger partial charge on any atom is -0.491 e. The third kappa shape index (κ3) is 4.39. The molecule has 3 rings (SSSR count). The topological polar surface area (TPSA) is 72.5 Å². The Balaban J connectivity index is 1.51. The molecule has 0 aliphatic carbocycles. The molecule has 0 bridgehead atoms. The standard InChI is InChI=1S/C19H21NO4S/c21-18-12-11-15-7-6-10-17(19(15)20-18)24-13-4-5-14-25(22,23)16-8-2-1-3-9-16/h1-3,6-10H,4-5,11-14H2,(H,20,21). The van der Waals surface area contributed by atoms with Crippen molar-refractivity contribution >= 4 is 21.4 Å². The first kappa shape index (κ1) is 17.5. The summed E-state index contributed by atoms with van der Waals surface area (Å²) in [5, 5.41) is 2.86. The molecule has 2 aromatic rings. The molecule has 1 aliphatic rings. The van der Waals surface area contributed by atoms with Gasteiger partial charge in [-0.05, 0) is 43.0 Å². The third-order valence-corrected chi connectivity index (χ3v) is 5.98. The van der Waals surface area contributed by atoms with Crippen LogP contribution in [-0.4, -0.2) is 26.7 Å². The van der Waals surface area contributed by atoms with Gasteiger partial charge in [-0.1, -0.05) is 30.3 Å². The summed E-state index contributed by atoms with van der Waals surface area (Å²) in [6.07, 6.45) is 2.36. The van der Waals surface area contributed by atoms with Crippen molar-refractivity contribution in [2.45, 2.75) is 30.6 Å². The number of carbonyl (C=O) groups is 1. The minimum atomic E-state index is -3.24. The minimum absolute atomic E-state index is 0.00231. The van der Waals surface area contributed by atoms with Crippen molar-refractivity contribution in [2.24, 2.45) is 0 Å². The van der Waals surface area contributed by atoms with E-state index < -0.39 is 9.84 Å². The fraction of sp³-hybridized carbons (Fsp3) is 0.316. The molecule has 0 unspecified atom stereocenters. The average Bonchev–Trinajstić information content (AvgIpc) is 2.62. The van der Waals surface area contributed by atoms with Crippen LogP contribution < -0.4 is 10.1 Å². The number of hydrogen-bond donors (Lipinski definition) is 1. The molecule has 1 amide bonds. The summed E-state index contributed by atoms with van der Waals surface area (Å²) < 4.78 is 30.2. The predicted octanol–water partition coefficient (Wildman–Crippen LogP) is 3.20. The Morgan fingerprint density at radius 3 is 2.56 bits per heavy atom. The summed E-state index contributed by atoms with van der Waals surface area (Å²) in [6, 6.07) is 14.2. The van der Waals surface area contributed by atoms with Gasteiger partial charge in [0.25, 0.3) is 0 Å². The lowest BCUT2D eigenvalue weighted by molar-refractivity contribution is -0.116. The zero-order valence-electron chi connectivity index (χ0n) is 13.9. The van der Waals surface area contributed by atoms with E-state index in [0.717, 1.165) is 11.3 Å². The number of nitrogens with one attached hydrogen (secondary N) is 1. The van der Waals surface area contributed by atoms with E-state index in [1.54, 1.807) is 30.3 Å². The maximum atomic E-state index is 12.2. The zero-order valence-corrected chi connectivity index (χ0v) is 14.7. The van der Waals surface area contributed by atoms with Gasteiger partial charge in [-0.2, -0.15) is 0 Å². The summed E-state index contributed by atoms with van der Waals surface area (Å²) in [7, 11) is -3.24. The Morgan fingerprint density at radius 2 is 1.76 bits per heavy atom. The molecule has 0 atom stereocenters. The van der Waals surface area contributed by atoms with Crippen LogP contribution in [0.25, 0.3) is 0 Å². The number of amides is 1. The lowest BCUT2D eigenvalue weighted by Gasteiger charge is -2.20. The molecule has 1 aliphatic heterocycles. The number of ether oxygens (including phenoxy) is 1. The highest BCUT2D eigenvalue weighted by Crippen LogP contribution is 2.32. The van der Waals surface area contributed by atoms with Crippen molar-refractivity contribution in [2.75, 3.05) is 17.7 Å². The number of para-hydroxylation sites is 1. The highest BCUT2D eigenvalue weighted by Gasteiger charge is 2.18. The largest absolute Gasteiger partial charge is 0.491 e. The number of hydrogen-bond acceptors (Lipinski definition) is 4. The fourth-order valence-corrected chi connectivity index (χ4v) is 4.21. The summed E-state index contributed by atoms with van der Waals surface area (Å²) in [5.74, 6) is 0.748. The first-order valence-electron chi connectivity index (χ1n) is 8.38. The van der Waals surface area contributed by atoms with Crippen LogP contribution in [0.2, 0.25) is 0 Å². The van der Waals surface area contributed by atoms with Crippen LogP contribution in [0.4, 0.5) is 5.69 Å². The van der Waals surface area contributed by atoms with E-state index in [1.807, 2.05) is 18.2 Å². The van der Waals surface area contributed by atoms with E-state index in [-0.39, 0.29) is 11.7 Å². The molecule has 5 nitrogen and oxygen atoms in total. The van der Waals surface area contributed by atoms with Crippen molar-refractivity contribution in [3.05, 3.63) is 54.1 Å². The number of carbonyl (C=O) groups excluding carboxylic acids is 1. The number of anilines is 1.